The minimum atomic E-state index is -0.457. The highest BCUT2D eigenvalue weighted by molar-refractivity contribution is 5.76. The van der Waals surface area contributed by atoms with Crippen molar-refractivity contribution in [2.45, 2.75) is 45.3 Å². The zero-order valence-corrected chi connectivity index (χ0v) is 13.6. The highest BCUT2D eigenvalue weighted by Gasteiger charge is 2.24. The van der Waals surface area contributed by atoms with Gasteiger partial charge in [-0.25, -0.2) is 0 Å². The van der Waals surface area contributed by atoms with E-state index in [-0.39, 0.29) is 5.91 Å². The molecule has 22 heavy (non-hydrogen) atoms. The average molecular weight is 304 g/mol. The van der Waals surface area contributed by atoms with Crippen LogP contribution in [0.1, 0.15) is 38.2 Å². The summed E-state index contributed by atoms with van der Waals surface area (Å²) in [4.78, 5) is 16.3. The van der Waals surface area contributed by atoms with Gasteiger partial charge in [0.25, 0.3) is 0 Å². The van der Waals surface area contributed by atoms with Crippen LogP contribution in [0.15, 0.2) is 30.3 Å². The highest BCUT2D eigenvalue weighted by Crippen LogP contribution is 2.11. The first-order chi connectivity index (χ1) is 10.7. The van der Waals surface area contributed by atoms with Crippen molar-refractivity contribution in [3.63, 3.8) is 0 Å². The van der Waals surface area contributed by atoms with Gasteiger partial charge in [0.15, 0.2) is 0 Å². The molecule has 1 amide bonds. The van der Waals surface area contributed by atoms with Crippen molar-refractivity contribution in [3.05, 3.63) is 35.9 Å². The summed E-state index contributed by atoms with van der Waals surface area (Å²) in [6.07, 6.45) is 3.33. The maximum atomic E-state index is 12.2. The van der Waals surface area contributed by atoms with Crippen molar-refractivity contribution in [3.8, 4) is 0 Å². The summed E-state index contributed by atoms with van der Waals surface area (Å²) < 4.78 is 0. The molecular formula is C18H28N2O2. The van der Waals surface area contributed by atoms with Crippen LogP contribution in [-0.4, -0.2) is 53.1 Å². The van der Waals surface area contributed by atoms with Gasteiger partial charge in [-0.3, -0.25) is 9.69 Å². The standard InChI is InChI=1S/C18H28N2O2/c1-2-3-5-10-18(22)20-12-11-19(14-17(21)15-20)13-16-8-6-4-7-9-16/h4,6-9,17,21H,2-3,5,10-15H2,1H3. The molecule has 4 nitrogen and oxygen atoms in total. The van der Waals surface area contributed by atoms with Crippen molar-refractivity contribution in [2.24, 2.45) is 0 Å². The fraction of sp³-hybridized carbons (Fsp3) is 0.611. The molecule has 0 spiro atoms. The Balaban J connectivity index is 1.85. The van der Waals surface area contributed by atoms with E-state index in [4.69, 9.17) is 0 Å². The van der Waals surface area contributed by atoms with Crippen LogP contribution in [0.2, 0.25) is 0 Å². The van der Waals surface area contributed by atoms with E-state index in [0.717, 1.165) is 38.9 Å². The number of unbranched alkanes of at least 4 members (excludes halogenated alkanes) is 2. The molecule has 1 aromatic carbocycles. The predicted octanol–water partition coefficient (Wildman–Crippen LogP) is 2.27. The van der Waals surface area contributed by atoms with Gasteiger partial charge in [-0.1, -0.05) is 50.1 Å². The van der Waals surface area contributed by atoms with E-state index >= 15 is 0 Å². The van der Waals surface area contributed by atoms with Crippen molar-refractivity contribution >= 4 is 5.91 Å². The highest BCUT2D eigenvalue weighted by atomic mass is 16.3. The Kier molecular flexibility index (Phi) is 6.87. The van der Waals surface area contributed by atoms with E-state index in [1.165, 1.54) is 5.56 Å². The Morgan fingerprint density at radius 1 is 1.18 bits per heavy atom. The van der Waals surface area contributed by atoms with E-state index in [0.29, 0.717) is 19.5 Å². The van der Waals surface area contributed by atoms with Crippen LogP contribution in [0.3, 0.4) is 0 Å². The number of amides is 1. The van der Waals surface area contributed by atoms with Gasteiger partial charge >= 0.3 is 0 Å². The molecule has 1 unspecified atom stereocenters. The zero-order chi connectivity index (χ0) is 15.8. The van der Waals surface area contributed by atoms with E-state index in [1.54, 1.807) is 0 Å². The van der Waals surface area contributed by atoms with Gasteiger partial charge in [0.1, 0.15) is 0 Å². The number of carbonyl (C=O) groups excluding carboxylic acids is 1. The van der Waals surface area contributed by atoms with Gasteiger partial charge in [0.05, 0.1) is 6.10 Å². The van der Waals surface area contributed by atoms with Crippen molar-refractivity contribution in [2.75, 3.05) is 26.2 Å². The first kappa shape index (κ1) is 17.0. The summed E-state index contributed by atoms with van der Waals surface area (Å²) in [5.41, 5.74) is 1.25. The third-order valence-corrected chi connectivity index (χ3v) is 4.18. The molecule has 2 rings (SSSR count). The molecule has 1 aliphatic rings. The number of aliphatic hydroxyl groups excluding tert-OH is 1. The maximum absolute atomic E-state index is 12.2. The SMILES string of the molecule is CCCCCC(=O)N1CCN(Cc2ccccc2)CC(O)C1. The Hall–Kier alpha value is -1.39. The number of nitrogens with zero attached hydrogens (tertiary/aromatic N) is 2. The zero-order valence-electron chi connectivity index (χ0n) is 13.6. The van der Waals surface area contributed by atoms with Crippen molar-refractivity contribution in [1.29, 1.82) is 0 Å². The number of hydrogen-bond donors (Lipinski definition) is 1. The Labute approximate surface area is 133 Å². The molecule has 122 valence electrons. The molecule has 1 fully saturated rings. The molecule has 1 N–H and O–H groups in total. The van der Waals surface area contributed by atoms with E-state index in [1.807, 2.05) is 23.1 Å². The fourth-order valence-corrected chi connectivity index (χ4v) is 2.95. The topological polar surface area (TPSA) is 43.8 Å². The lowest BCUT2D eigenvalue weighted by molar-refractivity contribution is -0.132. The normalized spacial score (nSPS) is 19.9. The molecule has 4 heteroatoms. The third kappa shape index (κ3) is 5.43. The first-order valence-electron chi connectivity index (χ1n) is 8.41. The van der Waals surface area contributed by atoms with Crippen LogP contribution in [0.4, 0.5) is 0 Å². The lowest BCUT2D eigenvalue weighted by Crippen LogP contribution is -2.37. The second-order valence-electron chi connectivity index (χ2n) is 6.17. The summed E-state index contributed by atoms with van der Waals surface area (Å²) >= 11 is 0. The lowest BCUT2D eigenvalue weighted by Gasteiger charge is -2.22. The molecule has 1 saturated heterocycles. The van der Waals surface area contributed by atoms with Crippen LogP contribution in [0, 0.1) is 0 Å². The molecule has 0 aromatic heterocycles. The Morgan fingerprint density at radius 3 is 2.68 bits per heavy atom. The van der Waals surface area contributed by atoms with Gasteiger partial charge in [0, 0.05) is 39.1 Å². The molecular weight excluding hydrogens is 276 g/mol. The second kappa shape index (κ2) is 8.91. The molecule has 0 saturated carbocycles. The first-order valence-corrected chi connectivity index (χ1v) is 8.41. The monoisotopic (exact) mass is 304 g/mol. The van der Waals surface area contributed by atoms with Crippen molar-refractivity contribution in [1.82, 2.24) is 9.80 Å². The van der Waals surface area contributed by atoms with E-state index in [9.17, 15) is 9.90 Å². The number of benzene rings is 1. The van der Waals surface area contributed by atoms with E-state index < -0.39 is 6.10 Å². The fourth-order valence-electron chi connectivity index (χ4n) is 2.95. The number of rotatable bonds is 6. The summed E-state index contributed by atoms with van der Waals surface area (Å²) in [6, 6.07) is 10.3. The lowest BCUT2D eigenvalue weighted by atomic mass is 10.2. The Morgan fingerprint density at radius 2 is 1.95 bits per heavy atom. The van der Waals surface area contributed by atoms with Gasteiger partial charge in [-0.15, -0.1) is 0 Å². The summed E-state index contributed by atoms with van der Waals surface area (Å²) in [5, 5.41) is 10.2. The van der Waals surface area contributed by atoms with Gasteiger partial charge in [-0.05, 0) is 12.0 Å². The summed E-state index contributed by atoms with van der Waals surface area (Å²) in [5.74, 6) is 0.189. The minimum Gasteiger partial charge on any atom is -0.390 e. The quantitative estimate of drug-likeness (QED) is 0.820. The maximum Gasteiger partial charge on any atom is 0.222 e. The smallest absolute Gasteiger partial charge is 0.222 e. The van der Waals surface area contributed by atoms with Gasteiger partial charge in [-0.2, -0.15) is 0 Å². The van der Waals surface area contributed by atoms with Gasteiger partial charge in [0.2, 0.25) is 5.91 Å². The molecule has 1 heterocycles. The minimum absolute atomic E-state index is 0.189. The largest absolute Gasteiger partial charge is 0.390 e. The number of β-amino-alcohol motifs (C(OH)–C–C–N with tert-alkyl or cyclic N) is 1. The number of carbonyl (C=O) groups is 1. The molecule has 1 aliphatic heterocycles. The summed E-state index contributed by atoms with van der Waals surface area (Å²) in [7, 11) is 0. The molecule has 0 aliphatic carbocycles. The van der Waals surface area contributed by atoms with Gasteiger partial charge < -0.3 is 10.0 Å². The molecule has 1 atom stereocenters. The Bertz CT molecular complexity index is 450. The number of aliphatic hydroxyl groups is 1. The van der Waals surface area contributed by atoms with Crippen LogP contribution in [0.25, 0.3) is 0 Å². The molecule has 0 bridgehead atoms. The summed E-state index contributed by atoms with van der Waals surface area (Å²) in [6.45, 7) is 5.61. The van der Waals surface area contributed by atoms with Crippen molar-refractivity contribution < 1.29 is 9.90 Å². The number of hydrogen-bond acceptors (Lipinski definition) is 3. The predicted molar refractivity (Wildman–Crippen MR) is 88.4 cm³/mol. The second-order valence-corrected chi connectivity index (χ2v) is 6.17. The van der Waals surface area contributed by atoms with Crippen LogP contribution >= 0.6 is 0 Å². The third-order valence-electron chi connectivity index (χ3n) is 4.18. The van der Waals surface area contributed by atoms with E-state index in [2.05, 4.69) is 24.0 Å². The molecule has 0 radical (unpaired) electrons. The van der Waals surface area contributed by atoms with Crippen LogP contribution in [-0.2, 0) is 11.3 Å². The van der Waals surface area contributed by atoms with Crippen LogP contribution < -0.4 is 0 Å². The van der Waals surface area contributed by atoms with Crippen LogP contribution in [0.5, 0.6) is 0 Å². The molecule has 1 aromatic rings. The average Bonchev–Trinajstić information content (AvgIpc) is 2.70.